The summed E-state index contributed by atoms with van der Waals surface area (Å²) in [5, 5.41) is 9.16. The van der Waals surface area contributed by atoms with E-state index in [0.29, 0.717) is 18.8 Å². The van der Waals surface area contributed by atoms with Gasteiger partial charge in [0.15, 0.2) is 0 Å². The standard InChI is InChI=1S/C21H31NO4/c1-14(2)11-12-26-18-9-7-17(8-10-18)21(6,16(5)23)19(13-15(3)4)20(24)22-25/h7-11,15,19,25H,12-13H2,1-6H3,(H,22,24)/t19-,21-/m0/s1. The van der Waals surface area contributed by atoms with Crippen LogP contribution in [0.25, 0.3) is 0 Å². The van der Waals surface area contributed by atoms with Crippen LogP contribution < -0.4 is 10.2 Å². The molecule has 0 spiro atoms. The first-order chi connectivity index (χ1) is 12.1. The van der Waals surface area contributed by atoms with E-state index >= 15 is 0 Å². The maximum Gasteiger partial charge on any atom is 0.247 e. The molecule has 5 nitrogen and oxygen atoms in total. The highest BCUT2D eigenvalue weighted by Gasteiger charge is 2.44. The van der Waals surface area contributed by atoms with E-state index in [0.717, 1.165) is 5.56 Å². The Labute approximate surface area is 156 Å². The van der Waals surface area contributed by atoms with E-state index in [1.165, 1.54) is 12.5 Å². The van der Waals surface area contributed by atoms with Crippen molar-refractivity contribution in [2.75, 3.05) is 6.61 Å². The van der Waals surface area contributed by atoms with Gasteiger partial charge >= 0.3 is 0 Å². The van der Waals surface area contributed by atoms with Crippen molar-refractivity contribution in [1.29, 1.82) is 0 Å². The molecule has 5 heteroatoms. The molecule has 0 saturated carbocycles. The van der Waals surface area contributed by atoms with E-state index in [1.54, 1.807) is 24.5 Å². The number of allylic oxidation sites excluding steroid dienone is 1. The third kappa shape index (κ3) is 5.43. The maximum absolute atomic E-state index is 12.5. The first-order valence-electron chi connectivity index (χ1n) is 8.94. The number of carbonyl (C=O) groups excluding carboxylic acids is 2. The van der Waals surface area contributed by atoms with Crippen molar-refractivity contribution < 1.29 is 19.5 Å². The number of amides is 1. The molecular weight excluding hydrogens is 330 g/mol. The van der Waals surface area contributed by atoms with Crippen LogP contribution in [0.3, 0.4) is 0 Å². The largest absolute Gasteiger partial charge is 0.490 e. The molecule has 0 bridgehead atoms. The molecule has 0 aromatic heterocycles. The van der Waals surface area contributed by atoms with Gasteiger partial charge in [0.05, 0.1) is 11.3 Å². The second-order valence-electron chi connectivity index (χ2n) is 7.53. The van der Waals surface area contributed by atoms with Crippen molar-refractivity contribution in [3.05, 3.63) is 41.5 Å². The molecule has 0 radical (unpaired) electrons. The van der Waals surface area contributed by atoms with Crippen LogP contribution in [0.1, 0.15) is 53.5 Å². The van der Waals surface area contributed by atoms with E-state index in [4.69, 9.17) is 9.94 Å². The SMILES string of the molecule is CC(=O)[C@@](C)(c1ccc(OCC=C(C)C)cc1)[C@@H](CC(C)C)C(=O)NO. The van der Waals surface area contributed by atoms with Gasteiger partial charge in [0, 0.05) is 0 Å². The van der Waals surface area contributed by atoms with Crippen molar-refractivity contribution >= 4 is 11.7 Å². The van der Waals surface area contributed by atoms with Crippen LogP contribution in [0, 0.1) is 11.8 Å². The highest BCUT2D eigenvalue weighted by Crippen LogP contribution is 2.38. The number of rotatable bonds is 9. The summed E-state index contributed by atoms with van der Waals surface area (Å²) in [6, 6.07) is 7.24. The van der Waals surface area contributed by atoms with Crippen LogP contribution in [-0.4, -0.2) is 23.5 Å². The lowest BCUT2D eigenvalue weighted by atomic mass is 9.66. The predicted molar refractivity (Wildman–Crippen MR) is 102 cm³/mol. The van der Waals surface area contributed by atoms with Gasteiger partial charge in [-0.15, -0.1) is 0 Å². The third-order valence-electron chi connectivity index (χ3n) is 4.76. The second-order valence-corrected chi connectivity index (χ2v) is 7.53. The smallest absolute Gasteiger partial charge is 0.247 e. The lowest BCUT2D eigenvalue weighted by Crippen LogP contribution is -2.47. The van der Waals surface area contributed by atoms with Crippen LogP contribution in [-0.2, 0) is 15.0 Å². The van der Waals surface area contributed by atoms with Crippen molar-refractivity contribution in [3.8, 4) is 5.75 Å². The van der Waals surface area contributed by atoms with Gasteiger partial charge in [-0.1, -0.05) is 31.6 Å². The minimum Gasteiger partial charge on any atom is -0.490 e. The summed E-state index contributed by atoms with van der Waals surface area (Å²) in [6.07, 6.45) is 2.47. The van der Waals surface area contributed by atoms with Gasteiger partial charge in [0.1, 0.15) is 18.1 Å². The summed E-state index contributed by atoms with van der Waals surface area (Å²) in [5.41, 5.74) is 2.60. The average Bonchev–Trinajstić information content (AvgIpc) is 2.58. The number of benzene rings is 1. The van der Waals surface area contributed by atoms with E-state index in [2.05, 4.69) is 0 Å². The minimum absolute atomic E-state index is 0.120. The number of hydroxylamine groups is 1. The Kier molecular flexibility index (Phi) is 8.03. The van der Waals surface area contributed by atoms with Crippen molar-refractivity contribution in [3.63, 3.8) is 0 Å². The molecule has 1 aromatic rings. The third-order valence-corrected chi connectivity index (χ3v) is 4.76. The molecule has 1 amide bonds. The number of ether oxygens (including phenoxy) is 1. The molecule has 1 aromatic carbocycles. The second kappa shape index (κ2) is 9.53. The number of ketones is 1. The fraction of sp³-hybridized carbons (Fsp3) is 0.524. The predicted octanol–water partition coefficient (Wildman–Crippen LogP) is 4.05. The fourth-order valence-corrected chi connectivity index (χ4v) is 3.01. The summed E-state index contributed by atoms with van der Waals surface area (Å²) in [7, 11) is 0. The molecule has 2 N–H and O–H groups in total. The van der Waals surface area contributed by atoms with Crippen molar-refractivity contribution in [1.82, 2.24) is 5.48 Å². The number of carbonyl (C=O) groups is 2. The molecule has 0 fully saturated rings. The summed E-state index contributed by atoms with van der Waals surface area (Å²) in [5.74, 6) is -0.431. The van der Waals surface area contributed by atoms with Crippen LogP contribution >= 0.6 is 0 Å². The Bertz CT molecular complexity index is 644. The van der Waals surface area contributed by atoms with Gasteiger partial charge in [0.2, 0.25) is 5.91 Å². The van der Waals surface area contributed by atoms with Gasteiger partial charge in [-0.3, -0.25) is 14.8 Å². The Morgan fingerprint density at radius 2 is 1.77 bits per heavy atom. The Morgan fingerprint density at radius 1 is 1.19 bits per heavy atom. The lowest BCUT2D eigenvalue weighted by molar-refractivity contribution is -0.140. The summed E-state index contributed by atoms with van der Waals surface area (Å²) in [4.78, 5) is 24.8. The molecule has 0 aliphatic rings. The van der Waals surface area contributed by atoms with Gasteiger partial charge < -0.3 is 4.74 Å². The normalized spacial score (nSPS) is 14.3. The molecule has 0 aliphatic carbocycles. The molecule has 0 aliphatic heterocycles. The van der Waals surface area contributed by atoms with E-state index in [1.807, 2.05) is 45.9 Å². The Balaban J connectivity index is 3.19. The number of Topliss-reactive ketones (excluding diaryl/α,β-unsaturated/α-hetero) is 1. The van der Waals surface area contributed by atoms with Gasteiger partial charge in [-0.05, 0) is 63.8 Å². The number of hydrogen-bond acceptors (Lipinski definition) is 4. The maximum atomic E-state index is 12.5. The monoisotopic (exact) mass is 361 g/mol. The molecule has 0 unspecified atom stereocenters. The Hall–Kier alpha value is -2.14. The minimum atomic E-state index is -1.03. The first-order valence-corrected chi connectivity index (χ1v) is 8.94. The Morgan fingerprint density at radius 3 is 2.19 bits per heavy atom. The zero-order valence-electron chi connectivity index (χ0n) is 16.6. The fourth-order valence-electron chi connectivity index (χ4n) is 3.01. The molecule has 0 heterocycles. The highest BCUT2D eigenvalue weighted by atomic mass is 16.5. The molecule has 0 saturated heterocycles. The van der Waals surface area contributed by atoms with Crippen LogP contribution in [0.5, 0.6) is 5.75 Å². The lowest BCUT2D eigenvalue weighted by Gasteiger charge is -2.35. The van der Waals surface area contributed by atoms with Gasteiger partial charge in [0.25, 0.3) is 0 Å². The van der Waals surface area contributed by atoms with Crippen molar-refractivity contribution in [2.45, 2.75) is 53.4 Å². The van der Waals surface area contributed by atoms with Gasteiger partial charge in [-0.2, -0.15) is 0 Å². The van der Waals surface area contributed by atoms with Crippen LogP contribution in [0.15, 0.2) is 35.9 Å². The van der Waals surface area contributed by atoms with Gasteiger partial charge in [-0.25, -0.2) is 5.48 Å². The summed E-state index contributed by atoms with van der Waals surface area (Å²) >= 11 is 0. The number of nitrogens with one attached hydrogen (secondary N) is 1. The zero-order valence-corrected chi connectivity index (χ0v) is 16.6. The average molecular weight is 361 g/mol. The number of hydrogen-bond donors (Lipinski definition) is 2. The molecule has 1 rings (SSSR count). The van der Waals surface area contributed by atoms with Crippen LogP contribution in [0.2, 0.25) is 0 Å². The molecule has 2 atom stereocenters. The van der Waals surface area contributed by atoms with Crippen LogP contribution in [0.4, 0.5) is 0 Å². The zero-order chi connectivity index (χ0) is 19.9. The van der Waals surface area contributed by atoms with E-state index < -0.39 is 17.2 Å². The van der Waals surface area contributed by atoms with E-state index in [9.17, 15) is 9.59 Å². The highest BCUT2D eigenvalue weighted by molar-refractivity contribution is 5.94. The summed E-state index contributed by atoms with van der Waals surface area (Å²) in [6.45, 7) is 11.7. The first kappa shape index (κ1) is 21.9. The summed E-state index contributed by atoms with van der Waals surface area (Å²) < 4.78 is 5.66. The molecular formula is C21H31NO4. The quantitative estimate of drug-likeness (QED) is 0.395. The van der Waals surface area contributed by atoms with E-state index in [-0.39, 0.29) is 11.7 Å². The van der Waals surface area contributed by atoms with Crippen molar-refractivity contribution in [2.24, 2.45) is 11.8 Å². The molecule has 26 heavy (non-hydrogen) atoms. The molecule has 144 valence electrons. The topological polar surface area (TPSA) is 75.6 Å².